The molecule has 0 unspecified atom stereocenters. The number of pyridine rings is 2. The average molecular weight is 267 g/mol. The number of ketones is 1. The van der Waals surface area contributed by atoms with Gasteiger partial charge < -0.3 is 0 Å². The number of carbonyl (C=O) groups excluding carboxylic acids is 1. The van der Waals surface area contributed by atoms with E-state index in [1.807, 2.05) is 0 Å². The maximum atomic E-state index is 11.9. The molecule has 0 aliphatic carbocycles. The van der Waals surface area contributed by atoms with Crippen molar-refractivity contribution in [3.8, 4) is 0 Å². The molecular weight excluding hydrogens is 259 g/mol. The normalized spacial score (nSPS) is 10.2. The third-order valence-electron chi connectivity index (χ3n) is 2.22. The maximum Gasteiger partial charge on any atom is 0.185 e. The first kappa shape index (κ1) is 12.0. The summed E-state index contributed by atoms with van der Waals surface area (Å²) in [6.07, 6.45) is 4.77. The summed E-state index contributed by atoms with van der Waals surface area (Å²) in [7, 11) is 0. The van der Waals surface area contributed by atoms with E-state index >= 15 is 0 Å². The standard InChI is InChI=1S/C12H8Cl2N2O/c13-9-1-2-11(16-6-9)12(17)5-8-3-4-15-7-10(8)14/h1-4,6-7H,5H2. The van der Waals surface area contributed by atoms with E-state index < -0.39 is 0 Å². The van der Waals surface area contributed by atoms with Crippen molar-refractivity contribution in [2.24, 2.45) is 0 Å². The third-order valence-corrected chi connectivity index (χ3v) is 2.78. The van der Waals surface area contributed by atoms with E-state index in [9.17, 15) is 4.79 Å². The highest BCUT2D eigenvalue weighted by molar-refractivity contribution is 6.31. The molecule has 0 amide bonds. The summed E-state index contributed by atoms with van der Waals surface area (Å²) in [6.45, 7) is 0. The number of carbonyl (C=O) groups is 1. The van der Waals surface area contributed by atoms with Crippen molar-refractivity contribution in [2.75, 3.05) is 0 Å². The molecule has 0 radical (unpaired) electrons. The number of rotatable bonds is 3. The van der Waals surface area contributed by atoms with E-state index in [-0.39, 0.29) is 12.2 Å². The van der Waals surface area contributed by atoms with Crippen LogP contribution in [0.4, 0.5) is 0 Å². The number of halogens is 2. The van der Waals surface area contributed by atoms with Gasteiger partial charge >= 0.3 is 0 Å². The van der Waals surface area contributed by atoms with Gasteiger partial charge in [-0.15, -0.1) is 0 Å². The first-order valence-electron chi connectivity index (χ1n) is 4.90. The molecule has 0 aliphatic heterocycles. The van der Waals surface area contributed by atoms with Gasteiger partial charge in [0.1, 0.15) is 5.69 Å². The maximum absolute atomic E-state index is 11.9. The molecule has 3 nitrogen and oxygen atoms in total. The van der Waals surface area contributed by atoms with Crippen LogP contribution in [0.5, 0.6) is 0 Å². The molecule has 0 spiro atoms. The number of aromatic nitrogens is 2. The Morgan fingerprint density at radius 2 is 2.00 bits per heavy atom. The zero-order valence-corrected chi connectivity index (χ0v) is 10.2. The minimum Gasteiger partial charge on any atom is -0.292 e. The molecule has 2 heterocycles. The van der Waals surface area contributed by atoms with Gasteiger partial charge in [-0.25, -0.2) is 0 Å². The zero-order chi connectivity index (χ0) is 12.3. The van der Waals surface area contributed by atoms with Crippen LogP contribution in [-0.2, 0) is 6.42 Å². The summed E-state index contributed by atoms with van der Waals surface area (Å²) in [5.74, 6) is -0.102. The Morgan fingerprint density at radius 3 is 2.65 bits per heavy atom. The molecule has 0 atom stereocenters. The molecule has 2 aromatic rings. The smallest absolute Gasteiger partial charge is 0.185 e. The molecule has 0 aliphatic rings. The second kappa shape index (κ2) is 5.25. The van der Waals surface area contributed by atoms with Gasteiger partial charge in [-0.2, -0.15) is 0 Å². The fourth-order valence-corrected chi connectivity index (χ4v) is 1.65. The van der Waals surface area contributed by atoms with Crippen molar-refractivity contribution < 1.29 is 4.79 Å². The number of nitrogens with zero attached hydrogens (tertiary/aromatic N) is 2. The lowest BCUT2D eigenvalue weighted by Crippen LogP contribution is -2.06. The van der Waals surface area contributed by atoms with Crippen molar-refractivity contribution in [3.63, 3.8) is 0 Å². The first-order valence-corrected chi connectivity index (χ1v) is 5.65. The predicted molar refractivity (Wildman–Crippen MR) is 66.5 cm³/mol. The molecule has 0 bridgehead atoms. The van der Waals surface area contributed by atoms with Crippen LogP contribution in [0.3, 0.4) is 0 Å². The van der Waals surface area contributed by atoms with E-state index in [0.717, 1.165) is 5.56 Å². The van der Waals surface area contributed by atoms with Crippen LogP contribution in [-0.4, -0.2) is 15.8 Å². The molecule has 0 saturated carbocycles. The van der Waals surface area contributed by atoms with Crippen molar-refractivity contribution in [1.82, 2.24) is 9.97 Å². The second-order valence-corrected chi connectivity index (χ2v) is 4.27. The van der Waals surface area contributed by atoms with E-state index in [4.69, 9.17) is 23.2 Å². The van der Waals surface area contributed by atoms with Crippen molar-refractivity contribution >= 4 is 29.0 Å². The highest BCUT2D eigenvalue weighted by atomic mass is 35.5. The second-order valence-electron chi connectivity index (χ2n) is 3.43. The van der Waals surface area contributed by atoms with Gasteiger partial charge in [-0.3, -0.25) is 14.8 Å². The van der Waals surface area contributed by atoms with Gasteiger partial charge in [0.2, 0.25) is 0 Å². The number of Topliss-reactive ketones (excluding diaryl/α,β-unsaturated/α-hetero) is 1. The quantitative estimate of drug-likeness (QED) is 0.802. The Morgan fingerprint density at radius 1 is 1.18 bits per heavy atom. The van der Waals surface area contributed by atoms with Crippen LogP contribution in [0, 0.1) is 0 Å². The molecule has 17 heavy (non-hydrogen) atoms. The zero-order valence-electron chi connectivity index (χ0n) is 8.73. The summed E-state index contributed by atoms with van der Waals surface area (Å²) in [6, 6.07) is 4.95. The van der Waals surface area contributed by atoms with Gasteiger partial charge in [-0.05, 0) is 23.8 Å². The van der Waals surface area contributed by atoms with Crippen molar-refractivity contribution in [1.29, 1.82) is 0 Å². The number of hydrogen-bond donors (Lipinski definition) is 0. The summed E-state index contributed by atoms with van der Waals surface area (Å²) >= 11 is 11.6. The van der Waals surface area contributed by atoms with Crippen LogP contribution in [0.15, 0.2) is 36.8 Å². The molecule has 0 fully saturated rings. The van der Waals surface area contributed by atoms with Gasteiger partial charge in [0, 0.05) is 25.0 Å². The predicted octanol–water partition coefficient (Wildman–Crippen LogP) is 3.21. The minimum absolute atomic E-state index is 0.102. The molecular formula is C12H8Cl2N2O. The average Bonchev–Trinajstić information content (AvgIpc) is 2.33. The van der Waals surface area contributed by atoms with E-state index in [2.05, 4.69) is 9.97 Å². The highest BCUT2D eigenvalue weighted by Crippen LogP contribution is 2.16. The molecule has 0 saturated heterocycles. The van der Waals surface area contributed by atoms with Crippen molar-refractivity contribution in [2.45, 2.75) is 6.42 Å². The van der Waals surface area contributed by atoms with Crippen LogP contribution in [0.2, 0.25) is 10.0 Å². The van der Waals surface area contributed by atoms with E-state index in [1.165, 1.54) is 12.4 Å². The van der Waals surface area contributed by atoms with Crippen LogP contribution in [0.1, 0.15) is 16.1 Å². The van der Waals surface area contributed by atoms with Crippen LogP contribution >= 0.6 is 23.2 Å². The summed E-state index contributed by atoms with van der Waals surface area (Å²) in [4.78, 5) is 19.7. The first-order chi connectivity index (χ1) is 8.16. The summed E-state index contributed by atoms with van der Waals surface area (Å²) < 4.78 is 0. The van der Waals surface area contributed by atoms with Gasteiger partial charge in [0.15, 0.2) is 5.78 Å². The Bertz CT molecular complexity index is 540. The lowest BCUT2D eigenvalue weighted by Gasteiger charge is -2.02. The van der Waals surface area contributed by atoms with Crippen molar-refractivity contribution in [3.05, 3.63) is 58.1 Å². The molecule has 0 aromatic carbocycles. The molecule has 2 aromatic heterocycles. The Labute approximate surface area is 108 Å². The monoisotopic (exact) mass is 266 g/mol. The van der Waals surface area contributed by atoms with Crippen LogP contribution < -0.4 is 0 Å². The highest BCUT2D eigenvalue weighted by Gasteiger charge is 2.10. The van der Waals surface area contributed by atoms with Gasteiger partial charge in [0.25, 0.3) is 0 Å². The Hall–Kier alpha value is -1.45. The SMILES string of the molecule is O=C(Cc1ccncc1Cl)c1ccc(Cl)cn1. The van der Waals surface area contributed by atoms with E-state index in [0.29, 0.717) is 15.7 Å². The molecule has 0 N–H and O–H groups in total. The largest absolute Gasteiger partial charge is 0.292 e. The minimum atomic E-state index is -0.102. The Balaban J connectivity index is 2.17. The fourth-order valence-electron chi connectivity index (χ4n) is 1.35. The summed E-state index contributed by atoms with van der Waals surface area (Å²) in [5, 5.41) is 0.985. The van der Waals surface area contributed by atoms with E-state index in [1.54, 1.807) is 24.4 Å². The fraction of sp³-hybridized carbons (Fsp3) is 0.0833. The van der Waals surface area contributed by atoms with Gasteiger partial charge in [-0.1, -0.05) is 23.2 Å². The summed E-state index contributed by atoms with van der Waals surface area (Å²) in [5.41, 5.74) is 1.12. The molecule has 5 heteroatoms. The Kier molecular flexibility index (Phi) is 3.71. The number of hydrogen-bond acceptors (Lipinski definition) is 3. The van der Waals surface area contributed by atoms with Gasteiger partial charge in [0.05, 0.1) is 10.0 Å². The molecule has 2 rings (SSSR count). The third kappa shape index (κ3) is 3.02. The lowest BCUT2D eigenvalue weighted by molar-refractivity contribution is 0.0988. The lowest BCUT2D eigenvalue weighted by atomic mass is 10.1. The molecule has 86 valence electrons. The van der Waals surface area contributed by atoms with Crippen LogP contribution in [0.25, 0.3) is 0 Å². The topological polar surface area (TPSA) is 42.9 Å².